The molecule has 0 radical (unpaired) electrons. The number of hydrogen-bond acceptors (Lipinski definition) is 2. The number of ether oxygens (including phenoxy) is 1. The van der Waals surface area contributed by atoms with Crippen LogP contribution in [0.2, 0.25) is 5.02 Å². The molecule has 0 unspecified atom stereocenters. The smallest absolute Gasteiger partial charge is 0.228 e. The van der Waals surface area contributed by atoms with E-state index in [1.54, 1.807) is 13.2 Å². The minimum atomic E-state index is -0.0933. The SMILES string of the molecule is COc1ccc(C)cc1CC(=O)Nc1cccc(Cl)c1C. The fraction of sp³-hybridized carbons (Fsp3) is 0.235. The van der Waals surface area contributed by atoms with Crippen LogP contribution in [-0.2, 0) is 11.2 Å². The lowest BCUT2D eigenvalue weighted by atomic mass is 10.1. The summed E-state index contributed by atoms with van der Waals surface area (Å²) in [5.41, 5.74) is 3.56. The van der Waals surface area contributed by atoms with Crippen LogP contribution in [-0.4, -0.2) is 13.0 Å². The Hall–Kier alpha value is -2.00. The second kappa shape index (κ2) is 6.64. The summed E-state index contributed by atoms with van der Waals surface area (Å²) in [4.78, 5) is 12.2. The number of methoxy groups -OCH3 is 1. The summed E-state index contributed by atoms with van der Waals surface area (Å²) in [6.07, 6.45) is 0.261. The van der Waals surface area contributed by atoms with Gasteiger partial charge in [-0.25, -0.2) is 0 Å². The molecule has 0 aliphatic heterocycles. The van der Waals surface area contributed by atoms with Gasteiger partial charge in [0.1, 0.15) is 5.75 Å². The van der Waals surface area contributed by atoms with Crippen molar-refractivity contribution < 1.29 is 9.53 Å². The first-order chi connectivity index (χ1) is 10.0. The molecule has 2 aromatic carbocycles. The first-order valence-corrected chi connectivity index (χ1v) is 7.07. The third kappa shape index (κ3) is 3.76. The maximum Gasteiger partial charge on any atom is 0.228 e. The fourth-order valence-electron chi connectivity index (χ4n) is 2.16. The summed E-state index contributed by atoms with van der Waals surface area (Å²) in [5, 5.41) is 3.53. The van der Waals surface area contributed by atoms with E-state index in [0.29, 0.717) is 5.02 Å². The molecule has 1 N–H and O–H groups in total. The van der Waals surface area contributed by atoms with Crippen LogP contribution < -0.4 is 10.1 Å². The molecule has 0 aliphatic rings. The zero-order valence-corrected chi connectivity index (χ0v) is 13.1. The Bertz CT molecular complexity index is 668. The molecular weight excluding hydrogens is 286 g/mol. The minimum Gasteiger partial charge on any atom is -0.496 e. The molecule has 2 aromatic rings. The Morgan fingerprint density at radius 2 is 2.00 bits per heavy atom. The van der Waals surface area contributed by atoms with Crippen LogP contribution in [0.4, 0.5) is 5.69 Å². The number of halogens is 1. The van der Waals surface area contributed by atoms with Crippen molar-refractivity contribution in [3.8, 4) is 5.75 Å². The van der Waals surface area contributed by atoms with E-state index in [1.807, 2.05) is 44.2 Å². The number of rotatable bonds is 4. The summed E-state index contributed by atoms with van der Waals surface area (Å²) in [6, 6.07) is 11.3. The van der Waals surface area contributed by atoms with E-state index in [4.69, 9.17) is 16.3 Å². The number of anilines is 1. The summed E-state index contributed by atoms with van der Waals surface area (Å²) < 4.78 is 5.29. The van der Waals surface area contributed by atoms with Gasteiger partial charge in [0.2, 0.25) is 5.91 Å². The maximum atomic E-state index is 12.2. The minimum absolute atomic E-state index is 0.0933. The number of carbonyl (C=O) groups is 1. The van der Waals surface area contributed by atoms with Crippen LogP contribution in [0.3, 0.4) is 0 Å². The second-order valence-corrected chi connectivity index (χ2v) is 5.36. The van der Waals surface area contributed by atoms with Crippen molar-refractivity contribution in [3.05, 3.63) is 58.1 Å². The zero-order valence-electron chi connectivity index (χ0n) is 12.4. The van der Waals surface area contributed by atoms with Gasteiger partial charge in [-0.1, -0.05) is 35.4 Å². The Kier molecular flexibility index (Phi) is 4.86. The third-order valence-corrected chi connectivity index (χ3v) is 3.74. The summed E-state index contributed by atoms with van der Waals surface area (Å²) >= 11 is 6.05. The quantitative estimate of drug-likeness (QED) is 0.921. The molecule has 0 saturated heterocycles. The maximum absolute atomic E-state index is 12.2. The fourth-order valence-corrected chi connectivity index (χ4v) is 2.33. The molecule has 2 rings (SSSR count). The van der Waals surface area contributed by atoms with Crippen LogP contribution in [0.15, 0.2) is 36.4 Å². The van der Waals surface area contributed by atoms with E-state index in [-0.39, 0.29) is 12.3 Å². The summed E-state index contributed by atoms with van der Waals surface area (Å²) in [6.45, 7) is 3.87. The number of aryl methyl sites for hydroxylation is 1. The predicted molar refractivity (Wildman–Crippen MR) is 86.3 cm³/mol. The number of nitrogens with one attached hydrogen (secondary N) is 1. The largest absolute Gasteiger partial charge is 0.496 e. The van der Waals surface area contributed by atoms with E-state index in [0.717, 1.165) is 28.1 Å². The molecule has 0 aliphatic carbocycles. The standard InChI is InChI=1S/C17H18ClNO2/c1-11-7-8-16(21-3)13(9-11)10-17(20)19-15-6-4-5-14(18)12(15)2/h4-9H,10H2,1-3H3,(H,19,20). The highest BCUT2D eigenvalue weighted by atomic mass is 35.5. The van der Waals surface area contributed by atoms with Gasteiger partial charge in [-0.3, -0.25) is 4.79 Å². The Balaban J connectivity index is 2.15. The molecular formula is C17H18ClNO2. The second-order valence-electron chi connectivity index (χ2n) is 4.95. The molecule has 0 spiro atoms. The average molecular weight is 304 g/mol. The monoisotopic (exact) mass is 303 g/mol. The van der Waals surface area contributed by atoms with Gasteiger partial charge >= 0.3 is 0 Å². The highest BCUT2D eigenvalue weighted by molar-refractivity contribution is 6.31. The summed E-state index contributed by atoms with van der Waals surface area (Å²) in [5.74, 6) is 0.628. The number of hydrogen-bond donors (Lipinski definition) is 1. The van der Waals surface area contributed by atoms with Crippen LogP contribution in [0.25, 0.3) is 0 Å². The van der Waals surface area contributed by atoms with Gasteiger partial charge in [0, 0.05) is 16.3 Å². The van der Waals surface area contributed by atoms with Crippen molar-refractivity contribution in [3.63, 3.8) is 0 Å². The Labute approximate surface area is 129 Å². The Morgan fingerprint density at radius 3 is 2.71 bits per heavy atom. The lowest BCUT2D eigenvalue weighted by molar-refractivity contribution is -0.115. The number of amides is 1. The van der Waals surface area contributed by atoms with Gasteiger partial charge in [-0.2, -0.15) is 0 Å². The highest BCUT2D eigenvalue weighted by Crippen LogP contribution is 2.24. The van der Waals surface area contributed by atoms with Gasteiger partial charge < -0.3 is 10.1 Å². The Morgan fingerprint density at radius 1 is 1.24 bits per heavy atom. The van der Waals surface area contributed by atoms with Crippen LogP contribution in [0.1, 0.15) is 16.7 Å². The molecule has 0 heterocycles. The molecule has 3 nitrogen and oxygen atoms in total. The molecule has 1 amide bonds. The molecule has 110 valence electrons. The molecule has 21 heavy (non-hydrogen) atoms. The van der Waals surface area contributed by atoms with Crippen molar-refractivity contribution in [2.75, 3.05) is 12.4 Å². The molecule has 0 fully saturated rings. The van der Waals surface area contributed by atoms with Crippen molar-refractivity contribution in [1.82, 2.24) is 0 Å². The molecule has 4 heteroatoms. The van der Waals surface area contributed by atoms with Gasteiger partial charge in [-0.05, 0) is 37.6 Å². The van der Waals surface area contributed by atoms with Gasteiger partial charge in [-0.15, -0.1) is 0 Å². The molecule has 0 aromatic heterocycles. The molecule has 0 bridgehead atoms. The zero-order chi connectivity index (χ0) is 15.4. The molecule has 0 atom stereocenters. The van der Waals surface area contributed by atoms with E-state index >= 15 is 0 Å². The molecule has 0 saturated carbocycles. The van der Waals surface area contributed by atoms with Crippen LogP contribution >= 0.6 is 11.6 Å². The van der Waals surface area contributed by atoms with E-state index in [1.165, 1.54) is 0 Å². The first kappa shape index (κ1) is 15.4. The van der Waals surface area contributed by atoms with E-state index in [2.05, 4.69) is 5.32 Å². The van der Waals surface area contributed by atoms with E-state index < -0.39 is 0 Å². The van der Waals surface area contributed by atoms with Crippen LogP contribution in [0.5, 0.6) is 5.75 Å². The summed E-state index contributed by atoms with van der Waals surface area (Å²) in [7, 11) is 1.60. The van der Waals surface area contributed by atoms with Gasteiger partial charge in [0.15, 0.2) is 0 Å². The van der Waals surface area contributed by atoms with Crippen molar-refractivity contribution in [1.29, 1.82) is 0 Å². The number of carbonyl (C=O) groups excluding carboxylic acids is 1. The third-order valence-electron chi connectivity index (χ3n) is 3.33. The average Bonchev–Trinajstić information content (AvgIpc) is 2.44. The lowest BCUT2D eigenvalue weighted by Crippen LogP contribution is -2.15. The van der Waals surface area contributed by atoms with E-state index in [9.17, 15) is 4.79 Å². The van der Waals surface area contributed by atoms with Crippen molar-refractivity contribution in [2.45, 2.75) is 20.3 Å². The van der Waals surface area contributed by atoms with Gasteiger partial charge in [0.05, 0.1) is 13.5 Å². The van der Waals surface area contributed by atoms with Crippen molar-refractivity contribution >= 4 is 23.2 Å². The highest BCUT2D eigenvalue weighted by Gasteiger charge is 2.11. The van der Waals surface area contributed by atoms with Gasteiger partial charge in [0.25, 0.3) is 0 Å². The predicted octanol–water partition coefficient (Wildman–Crippen LogP) is 4.15. The number of benzene rings is 2. The van der Waals surface area contributed by atoms with Crippen molar-refractivity contribution in [2.24, 2.45) is 0 Å². The lowest BCUT2D eigenvalue weighted by Gasteiger charge is -2.12. The first-order valence-electron chi connectivity index (χ1n) is 6.69. The normalized spacial score (nSPS) is 10.3. The van der Waals surface area contributed by atoms with Crippen LogP contribution in [0, 0.1) is 13.8 Å². The topological polar surface area (TPSA) is 38.3 Å².